The number of nitrogens with zero attached hydrogens (tertiary/aromatic N) is 2. The summed E-state index contributed by atoms with van der Waals surface area (Å²) >= 11 is 0. The van der Waals surface area contributed by atoms with E-state index in [1.807, 2.05) is 0 Å². The standard InChI is InChI=1S/C20H12F4N4O/c21-16-6-4-12(5-7-16)18-14(11-26-28-18)8-13(10-25)19(29)27-17-3-1-2-15(9-17)20(22,23)24/h1-9,11H,(H,26,28)(H,27,29). The van der Waals surface area contributed by atoms with Crippen molar-refractivity contribution in [3.63, 3.8) is 0 Å². The highest BCUT2D eigenvalue weighted by Crippen LogP contribution is 2.31. The lowest BCUT2D eigenvalue weighted by Gasteiger charge is -2.09. The maximum atomic E-state index is 13.1. The first-order valence-corrected chi connectivity index (χ1v) is 8.17. The lowest BCUT2D eigenvalue weighted by Crippen LogP contribution is -2.14. The number of hydrogen-bond acceptors (Lipinski definition) is 3. The third kappa shape index (κ3) is 4.68. The Labute approximate surface area is 162 Å². The topological polar surface area (TPSA) is 81.6 Å². The first kappa shape index (κ1) is 19.8. The molecule has 146 valence electrons. The molecule has 9 heteroatoms. The minimum absolute atomic E-state index is 0.100. The summed E-state index contributed by atoms with van der Waals surface area (Å²) in [7, 11) is 0. The van der Waals surface area contributed by atoms with Crippen molar-refractivity contribution in [3.8, 4) is 17.3 Å². The minimum Gasteiger partial charge on any atom is -0.321 e. The van der Waals surface area contributed by atoms with Gasteiger partial charge in [-0.15, -0.1) is 0 Å². The summed E-state index contributed by atoms with van der Waals surface area (Å²) in [6, 6.07) is 11.3. The third-order valence-corrected chi connectivity index (χ3v) is 3.91. The molecule has 0 radical (unpaired) electrons. The monoisotopic (exact) mass is 400 g/mol. The zero-order valence-corrected chi connectivity index (χ0v) is 14.6. The van der Waals surface area contributed by atoms with Crippen LogP contribution in [-0.4, -0.2) is 16.1 Å². The lowest BCUT2D eigenvalue weighted by atomic mass is 10.1. The van der Waals surface area contributed by atoms with Crippen molar-refractivity contribution in [1.82, 2.24) is 10.2 Å². The van der Waals surface area contributed by atoms with Gasteiger partial charge in [-0.2, -0.15) is 23.5 Å². The molecule has 0 saturated heterocycles. The van der Waals surface area contributed by atoms with Crippen LogP contribution in [-0.2, 0) is 11.0 Å². The molecule has 5 nitrogen and oxygen atoms in total. The zero-order chi connectivity index (χ0) is 21.0. The Kier molecular flexibility index (Phi) is 5.45. The number of anilines is 1. The molecule has 1 amide bonds. The number of alkyl halides is 3. The van der Waals surface area contributed by atoms with Crippen LogP contribution in [0.25, 0.3) is 17.3 Å². The van der Waals surface area contributed by atoms with Crippen molar-refractivity contribution < 1.29 is 22.4 Å². The van der Waals surface area contributed by atoms with E-state index in [0.717, 1.165) is 18.2 Å². The Morgan fingerprint density at radius 3 is 2.55 bits per heavy atom. The van der Waals surface area contributed by atoms with Crippen LogP contribution < -0.4 is 5.32 Å². The molecule has 0 saturated carbocycles. The second kappa shape index (κ2) is 7.98. The number of nitrogens with one attached hydrogen (secondary N) is 2. The molecule has 1 heterocycles. The van der Waals surface area contributed by atoms with Crippen molar-refractivity contribution >= 4 is 17.7 Å². The van der Waals surface area contributed by atoms with Crippen molar-refractivity contribution in [2.75, 3.05) is 5.32 Å². The molecule has 0 bridgehead atoms. The third-order valence-electron chi connectivity index (χ3n) is 3.91. The fraction of sp³-hybridized carbons (Fsp3) is 0.0500. The minimum atomic E-state index is -4.56. The predicted molar refractivity (Wildman–Crippen MR) is 97.6 cm³/mol. The van der Waals surface area contributed by atoms with Gasteiger partial charge in [-0.05, 0) is 48.5 Å². The summed E-state index contributed by atoms with van der Waals surface area (Å²) in [5.41, 5.74) is 0.0398. The number of hydrogen-bond donors (Lipinski definition) is 2. The second-order valence-corrected chi connectivity index (χ2v) is 5.91. The highest BCUT2D eigenvalue weighted by Gasteiger charge is 2.30. The number of aromatic amines is 1. The van der Waals surface area contributed by atoms with Gasteiger partial charge in [0.25, 0.3) is 5.91 Å². The Morgan fingerprint density at radius 2 is 1.90 bits per heavy atom. The van der Waals surface area contributed by atoms with Gasteiger partial charge in [0.15, 0.2) is 0 Å². The van der Waals surface area contributed by atoms with Crippen LogP contribution in [0.3, 0.4) is 0 Å². The van der Waals surface area contributed by atoms with Gasteiger partial charge in [0.1, 0.15) is 17.5 Å². The van der Waals surface area contributed by atoms with Crippen molar-refractivity contribution in [2.24, 2.45) is 0 Å². The summed E-state index contributed by atoms with van der Waals surface area (Å²) in [6.45, 7) is 0. The quantitative estimate of drug-likeness (QED) is 0.376. The van der Waals surface area contributed by atoms with Crippen LogP contribution in [0.4, 0.5) is 23.2 Å². The summed E-state index contributed by atoms with van der Waals surface area (Å²) < 4.78 is 51.5. The van der Waals surface area contributed by atoms with E-state index >= 15 is 0 Å². The summed E-state index contributed by atoms with van der Waals surface area (Å²) in [6.07, 6.45) is -1.95. The molecule has 0 atom stereocenters. The fourth-order valence-electron chi connectivity index (χ4n) is 2.53. The van der Waals surface area contributed by atoms with Crippen LogP contribution >= 0.6 is 0 Å². The molecule has 29 heavy (non-hydrogen) atoms. The van der Waals surface area contributed by atoms with Gasteiger partial charge in [-0.1, -0.05) is 6.07 Å². The molecule has 0 aliphatic heterocycles. The maximum absolute atomic E-state index is 13.1. The number of amides is 1. The van der Waals surface area contributed by atoms with Gasteiger partial charge in [-0.3, -0.25) is 9.89 Å². The summed E-state index contributed by atoms with van der Waals surface area (Å²) in [5, 5.41) is 18.2. The van der Waals surface area contributed by atoms with E-state index in [9.17, 15) is 27.6 Å². The smallest absolute Gasteiger partial charge is 0.321 e. The fourth-order valence-corrected chi connectivity index (χ4v) is 2.53. The molecule has 0 unspecified atom stereocenters. The molecule has 0 aliphatic rings. The molecule has 1 aromatic heterocycles. The highest BCUT2D eigenvalue weighted by atomic mass is 19.4. The molecule has 3 aromatic rings. The van der Waals surface area contributed by atoms with E-state index in [1.165, 1.54) is 42.6 Å². The molecule has 3 rings (SSSR count). The Hall–Kier alpha value is -3.93. The van der Waals surface area contributed by atoms with Crippen LogP contribution in [0, 0.1) is 17.1 Å². The molecular weight excluding hydrogens is 388 g/mol. The number of halogens is 4. The molecule has 0 fully saturated rings. The maximum Gasteiger partial charge on any atom is 0.416 e. The van der Waals surface area contributed by atoms with Crippen LogP contribution in [0.5, 0.6) is 0 Å². The number of nitriles is 1. The Balaban J connectivity index is 1.86. The number of rotatable bonds is 4. The summed E-state index contributed by atoms with van der Waals surface area (Å²) in [4.78, 5) is 12.4. The van der Waals surface area contributed by atoms with E-state index in [0.29, 0.717) is 16.8 Å². The van der Waals surface area contributed by atoms with Crippen LogP contribution in [0.2, 0.25) is 0 Å². The Bertz CT molecular complexity index is 1110. The Morgan fingerprint density at radius 1 is 1.17 bits per heavy atom. The average Bonchev–Trinajstić information content (AvgIpc) is 3.14. The van der Waals surface area contributed by atoms with Crippen LogP contribution in [0.15, 0.2) is 60.3 Å². The largest absolute Gasteiger partial charge is 0.416 e. The van der Waals surface area contributed by atoms with Gasteiger partial charge in [0.05, 0.1) is 17.5 Å². The lowest BCUT2D eigenvalue weighted by molar-refractivity contribution is -0.137. The molecule has 0 aliphatic carbocycles. The van der Waals surface area contributed by atoms with E-state index in [2.05, 4.69) is 15.5 Å². The van der Waals surface area contributed by atoms with E-state index in [4.69, 9.17) is 0 Å². The number of carbonyl (C=O) groups excluding carboxylic acids is 1. The second-order valence-electron chi connectivity index (χ2n) is 5.91. The molecule has 2 N–H and O–H groups in total. The van der Waals surface area contributed by atoms with Gasteiger partial charge >= 0.3 is 6.18 Å². The van der Waals surface area contributed by atoms with Crippen molar-refractivity contribution in [2.45, 2.75) is 6.18 Å². The van der Waals surface area contributed by atoms with Gasteiger partial charge < -0.3 is 5.32 Å². The van der Waals surface area contributed by atoms with Gasteiger partial charge in [0, 0.05) is 16.8 Å². The van der Waals surface area contributed by atoms with E-state index in [1.54, 1.807) is 6.07 Å². The molecule has 0 spiro atoms. The van der Waals surface area contributed by atoms with E-state index < -0.39 is 23.5 Å². The average molecular weight is 400 g/mol. The van der Waals surface area contributed by atoms with Gasteiger partial charge in [0.2, 0.25) is 0 Å². The SMILES string of the molecule is N#CC(=Cc1cn[nH]c1-c1ccc(F)cc1)C(=O)Nc1cccc(C(F)(F)F)c1. The van der Waals surface area contributed by atoms with Crippen molar-refractivity contribution in [3.05, 3.63) is 77.2 Å². The molecular formula is C20H12F4N4O. The first-order valence-electron chi connectivity index (χ1n) is 8.17. The van der Waals surface area contributed by atoms with Crippen LogP contribution in [0.1, 0.15) is 11.1 Å². The highest BCUT2D eigenvalue weighted by molar-refractivity contribution is 6.10. The molecule has 2 aromatic carbocycles. The number of H-pyrrole nitrogens is 1. The number of aromatic nitrogens is 2. The van der Waals surface area contributed by atoms with Gasteiger partial charge in [-0.25, -0.2) is 4.39 Å². The number of benzene rings is 2. The normalized spacial score (nSPS) is 11.8. The number of carbonyl (C=O) groups is 1. The predicted octanol–water partition coefficient (Wildman–Crippen LogP) is 4.78. The zero-order valence-electron chi connectivity index (χ0n) is 14.6. The van der Waals surface area contributed by atoms with Crippen molar-refractivity contribution in [1.29, 1.82) is 5.26 Å². The first-order chi connectivity index (χ1) is 13.8. The summed E-state index contributed by atoms with van der Waals surface area (Å²) in [5.74, 6) is -1.30. The van der Waals surface area contributed by atoms with E-state index in [-0.39, 0.29) is 11.3 Å².